The lowest BCUT2D eigenvalue weighted by molar-refractivity contribution is -0.137. The number of pyridine rings is 1. The molecule has 0 fully saturated rings. The third kappa shape index (κ3) is 5.92. The second-order valence-corrected chi connectivity index (χ2v) is 9.15. The Balaban J connectivity index is 1.85. The summed E-state index contributed by atoms with van der Waals surface area (Å²) >= 11 is 0. The molecule has 0 saturated heterocycles. The molecule has 0 spiro atoms. The Hall–Kier alpha value is -4.25. The summed E-state index contributed by atoms with van der Waals surface area (Å²) in [6, 6.07) is 14.8. The van der Waals surface area contributed by atoms with Crippen molar-refractivity contribution in [2.24, 2.45) is 5.73 Å². The molecule has 6 N–H and O–H groups in total. The molecule has 0 radical (unpaired) electrons. The molecule has 0 bridgehead atoms. The number of aromatic nitrogens is 1. The Morgan fingerprint density at radius 1 is 1.03 bits per heavy atom. The van der Waals surface area contributed by atoms with Crippen molar-refractivity contribution in [1.82, 2.24) is 4.98 Å². The van der Waals surface area contributed by atoms with E-state index in [4.69, 9.17) is 11.1 Å². The molecule has 0 aliphatic heterocycles. The van der Waals surface area contributed by atoms with Crippen molar-refractivity contribution < 1.29 is 23.1 Å². The predicted molar refractivity (Wildman–Crippen MR) is 123 cm³/mol. The van der Waals surface area contributed by atoms with Crippen molar-refractivity contribution in [3.05, 3.63) is 84.2 Å². The molecule has 1 atom stereocenters. The number of rotatable bonds is 8. The maximum Gasteiger partial charge on any atom is 0.305 e. The van der Waals surface area contributed by atoms with Crippen LogP contribution in [0.3, 0.4) is 0 Å². The first kappa shape index (κ1) is 23.4. The molecule has 3 aromatic rings. The number of nitrogens with zero attached hydrogens (tertiary/aromatic N) is 1. The van der Waals surface area contributed by atoms with Crippen LogP contribution in [0.1, 0.15) is 27.6 Å². The van der Waals surface area contributed by atoms with Gasteiger partial charge in [-0.15, -0.1) is 0 Å². The summed E-state index contributed by atoms with van der Waals surface area (Å²) in [5.74, 6) is -1.98. The van der Waals surface area contributed by atoms with Crippen molar-refractivity contribution in [1.29, 1.82) is 5.41 Å². The monoisotopic (exact) mass is 467 g/mol. The van der Waals surface area contributed by atoms with E-state index in [2.05, 4.69) is 15.6 Å². The van der Waals surface area contributed by atoms with Crippen LogP contribution >= 0.6 is 0 Å². The van der Waals surface area contributed by atoms with E-state index in [-0.39, 0.29) is 22.1 Å². The zero-order valence-corrected chi connectivity index (χ0v) is 18.0. The number of hydrogen-bond acceptors (Lipinski definition) is 6. The number of benzene rings is 2. The third-order valence-electron chi connectivity index (χ3n) is 4.64. The normalized spacial score (nSPS) is 11.9. The van der Waals surface area contributed by atoms with Gasteiger partial charge in [-0.25, -0.2) is 8.42 Å². The lowest BCUT2D eigenvalue weighted by atomic mass is 10.1. The molecule has 0 aliphatic carbocycles. The van der Waals surface area contributed by atoms with Gasteiger partial charge in [0.05, 0.1) is 11.3 Å². The number of carbonyl (C=O) groups excluding carboxylic acids is 1. The minimum Gasteiger partial charge on any atom is -0.481 e. The zero-order valence-electron chi connectivity index (χ0n) is 17.2. The largest absolute Gasteiger partial charge is 0.481 e. The van der Waals surface area contributed by atoms with Crippen LogP contribution in [-0.2, 0) is 14.6 Å². The first-order valence-corrected chi connectivity index (χ1v) is 11.2. The van der Waals surface area contributed by atoms with E-state index >= 15 is 0 Å². The summed E-state index contributed by atoms with van der Waals surface area (Å²) in [6.07, 6.45) is 2.15. The zero-order chi connectivity index (χ0) is 24.0. The number of carboxylic acids is 1. The van der Waals surface area contributed by atoms with Gasteiger partial charge in [-0.1, -0.05) is 12.1 Å². The first-order chi connectivity index (χ1) is 15.7. The summed E-state index contributed by atoms with van der Waals surface area (Å²) in [4.78, 5) is 27.7. The quantitative estimate of drug-likeness (QED) is 0.248. The number of hydrogen-bond donors (Lipinski definition) is 5. The van der Waals surface area contributed by atoms with Crippen LogP contribution in [0.2, 0.25) is 0 Å². The topological polar surface area (TPSA) is 175 Å². The van der Waals surface area contributed by atoms with Gasteiger partial charge in [0.15, 0.2) is 15.8 Å². The van der Waals surface area contributed by atoms with E-state index in [0.29, 0.717) is 11.3 Å². The van der Waals surface area contributed by atoms with E-state index in [1.807, 2.05) is 0 Å². The fourth-order valence-electron chi connectivity index (χ4n) is 3.11. The van der Waals surface area contributed by atoms with Crippen LogP contribution in [0, 0.1) is 5.41 Å². The summed E-state index contributed by atoms with van der Waals surface area (Å²) in [5, 5.41) is 20.4. The van der Waals surface area contributed by atoms with E-state index < -0.39 is 33.4 Å². The Morgan fingerprint density at radius 3 is 2.36 bits per heavy atom. The van der Waals surface area contributed by atoms with Gasteiger partial charge in [0, 0.05) is 29.3 Å². The number of aliphatic carboxylic acids is 1. The number of carboxylic acid groups (broad SMARTS) is 1. The van der Waals surface area contributed by atoms with Crippen LogP contribution in [0.15, 0.2) is 78.0 Å². The number of anilines is 2. The van der Waals surface area contributed by atoms with Gasteiger partial charge >= 0.3 is 5.97 Å². The third-order valence-corrected chi connectivity index (χ3v) is 6.74. The van der Waals surface area contributed by atoms with Gasteiger partial charge in [-0.3, -0.25) is 20.0 Å². The summed E-state index contributed by atoms with van der Waals surface area (Å²) in [7, 11) is -4.10. The smallest absolute Gasteiger partial charge is 0.305 e. The van der Waals surface area contributed by atoms with Gasteiger partial charge in [-0.2, -0.15) is 0 Å². The molecule has 3 rings (SSSR count). The highest BCUT2D eigenvalue weighted by atomic mass is 32.2. The summed E-state index contributed by atoms with van der Waals surface area (Å²) in [6.45, 7) is 0. The van der Waals surface area contributed by atoms with Gasteiger partial charge in [0.2, 0.25) is 0 Å². The second kappa shape index (κ2) is 9.92. The Bertz CT molecular complexity index is 1280. The molecule has 0 aliphatic rings. The van der Waals surface area contributed by atoms with Gasteiger partial charge in [0.25, 0.3) is 5.91 Å². The van der Waals surface area contributed by atoms with Crippen molar-refractivity contribution >= 4 is 39.0 Å². The van der Waals surface area contributed by atoms with E-state index in [1.165, 1.54) is 60.9 Å². The Labute approximate surface area is 189 Å². The standard InChI is InChI=1S/C22H21N5O5S/c23-22(24)27-16-8-6-14(7-9-16)21(30)26-17-4-1-5-18(11-17)33(31,32)19(12-20(28)29)15-3-2-10-25-13-15/h1-11,13,19H,12H2,(H,26,30)(H,28,29)(H4,23,24,27). The van der Waals surface area contributed by atoms with Gasteiger partial charge in [0.1, 0.15) is 5.25 Å². The van der Waals surface area contributed by atoms with E-state index in [1.54, 1.807) is 12.1 Å². The fourth-order valence-corrected chi connectivity index (χ4v) is 4.86. The minimum absolute atomic E-state index is 0.128. The van der Waals surface area contributed by atoms with Crippen LogP contribution in [0.5, 0.6) is 0 Å². The van der Waals surface area contributed by atoms with Crippen molar-refractivity contribution in [3.8, 4) is 0 Å². The molecule has 170 valence electrons. The summed E-state index contributed by atoms with van der Waals surface area (Å²) < 4.78 is 26.5. The molecular weight excluding hydrogens is 446 g/mol. The Morgan fingerprint density at radius 2 is 1.76 bits per heavy atom. The van der Waals surface area contributed by atoms with Crippen LogP contribution in [-0.4, -0.2) is 36.3 Å². The average Bonchev–Trinajstić information content (AvgIpc) is 2.78. The second-order valence-electron chi connectivity index (χ2n) is 7.02. The highest BCUT2D eigenvalue weighted by Gasteiger charge is 2.31. The number of nitrogens with two attached hydrogens (primary N) is 1. The molecule has 1 aromatic heterocycles. The van der Waals surface area contributed by atoms with Gasteiger partial charge < -0.3 is 21.5 Å². The maximum atomic E-state index is 13.3. The SMILES string of the molecule is N=C(N)Nc1ccc(C(=O)Nc2cccc(S(=O)(=O)C(CC(=O)O)c3cccnc3)c2)cc1. The summed E-state index contributed by atoms with van der Waals surface area (Å²) in [5.41, 5.74) is 6.59. The highest BCUT2D eigenvalue weighted by Crippen LogP contribution is 2.32. The van der Waals surface area contributed by atoms with Gasteiger partial charge in [-0.05, 0) is 54.1 Å². The predicted octanol–water partition coefficient (Wildman–Crippen LogP) is 2.63. The lowest BCUT2D eigenvalue weighted by Crippen LogP contribution is -2.20. The number of amides is 1. The van der Waals surface area contributed by atoms with Crippen LogP contribution < -0.4 is 16.4 Å². The molecule has 33 heavy (non-hydrogen) atoms. The minimum atomic E-state index is -4.10. The number of sulfone groups is 1. The average molecular weight is 468 g/mol. The molecule has 10 nitrogen and oxygen atoms in total. The lowest BCUT2D eigenvalue weighted by Gasteiger charge is -2.17. The first-order valence-electron chi connectivity index (χ1n) is 9.65. The fraction of sp³-hybridized carbons (Fsp3) is 0.0909. The molecular formula is C22H21N5O5S. The molecule has 1 heterocycles. The maximum absolute atomic E-state index is 13.3. The number of nitrogens with one attached hydrogen (secondary N) is 3. The molecule has 2 aromatic carbocycles. The number of carbonyl (C=O) groups is 2. The van der Waals surface area contributed by atoms with Crippen molar-refractivity contribution in [2.75, 3.05) is 10.6 Å². The molecule has 0 saturated carbocycles. The van der Waals surface area contributed by atoms with Crippen LogP contribution in [0.25, 0.3) is 0 Å². The molecule has 1 unspecified atom stereocenters. The Kier molecular flexibility index (Phi) is 7.04. The molecule has 1 amide bonds. The van der Waals surface area contributed by atoms with Crippen LogP contribution in [0.4, 0.5) is 11.4 Å². The van der Waals surface area contributed by atoms with E-state index in [9.17, 15) is 23.1 Å². The number of guanidine groups is 1. The van der Waals surface area contributed by atoms with E-state index in [0.717, 1.165) is 0 Å². The van der Waals surface area contributed by atoms with Crippen molar-refractivity contribution in [2.45, 2.75) is 16.6 Å². The van der Waals surface area contributed by atoms with Crippen molar-refractivity contribution in [3.63, 3.8) is 0 Å². The highest BCUT2D eigenvalue weighted by molar-refractivity contribution is 7.91. The molecule has 11 heteroatoms.